The zero-order valence-electron chi connectivity index (χ0n) is 15.0. The Morgan fingerprint density at radius 2 is 2.00 bits per heavy atom. The molecule has 0 saturated carbocycles. The molecule has 2 heterocycles. The molecule has 0 unspecified atom stereocenters. The van der Waals surface area contributed by atoms with Gasteiger partial charge in [0.05, 0.1) is 17.8 Å². The molecule has 6 heteroatoms. The summed E-state index contributed by atoms with van der Waals surface area (Å²) in [4.78, 5) is 14.7. The summed E-state index contributed by atoms with van der Waals surface area (Å²) in [5.41, 5.74) is 2.16. The Kier molecular flexibility index (Phi) is 4.95. The highest BCUT2D eigenvalue weighted by Gasteiger charge is 2.28. The maximum Gasteiger partial charge on any atom is 0.238 e. The van der Waals surface area contributed by atoms with Crippen molar-refractivity contribution in [3.05, 3.63) is 53.6 Å². The van der Waals surface area contributed by atoms with E-state index >= 15 is 0 Å². The first-order chi connectivity index (χ1) is 13.2. The van der Waals surface area contributed by atoms with Crippen molar-refractivity contribution in [3.8, 4) is 17.6 Å². The molecule has 0 aliphatic carbocycles. The normalized spacial score (nSPS) is 18.7. The molecule has 1 fully saturated rings. The lowest BCUT2D eigenvalue weighted by Crippen LogP contribution is -2.33. The van der Waals surface area contributed by atoms with Gasteiger partial charge in [-0.2, -0.15) is 5.26 Å². The first-order valence-corrected chi connectivity index (χ1v) is 9.17. The first kappa shape index (κ1) is 17.4. The smallest absolute Gasteiger partial charge is 0.238 e. The number of ether oxygens (including phenoxy) is 2. The molecule has 1 atom stereocenters. The summed E-state index contributed by atoms with van der Waals surface area (Å²) in [6.07, 6.45) is 2.04. The Morgan fingerprint density at radius 1 is 1.19 bits per heavy atom. The molecular weight excluding hydrogens is 342 g/mol. The number of hydrogen-bond donors (Lipinski definition) is 1. The minimum Gasteiger partial charge on any atom is -0.486 e. The molecule has 1 N–H and O–H groups in total. The fourth-order valence-electron chi connectivity index (χ4n) is 3.72. The van der Waals surface area contributed by atoms with Crippen LogP contribution >= 0.6 is 0 Å². The lowest BCUT2D eigenvalue weighted by molar-refractivity contribution is -0.117. The number of anilines is 1. The van der Waals surface area contributed by atoms with Gasteiger partial charge in [-0.05, 0) is 49.2 Å². The van der Waals surface area contributed by atoms with Gasteiger partial charge in [0.1, 0.15) is 19.3 Å². The molecule has 4 rings (SSSR count). The van der Waals surface area contributed by atoms with E-state index in [1.165, 1.54) is 0 Å². The van der Waals surface area contributed by atoms with Crippen molar-refractivity contribution >= 4 is 11.6 Å². The molecule has 0 radical (unpaired) electrons. The minimum absolute atomic E-state index is 0.109. The van der Waals surface area contributed by atoms with Crippen molar-refractivity contribution in [1.29, 1.82) is 5.26 Å². The third kappa shape index (κ3) is 3.74. The van der Waals surface area contributed by atoms with E-state index in [0.717, 1.165) is 36.4 Å². The SMILES string of the molecule is N#Cc1ccccc1NC(=O)CN1CCC[C@H]1c1ccc2c(c1)OCCO2. The molecular formula is C21H21N3O3. The summed E-state index contributed by atoms with van der Waals surface area (Å²) in [6, 6.07) is 15.4. The zero-order chi connectivity index (χ0) is 18.6. The van der Waals surface area contributed by atoms with Gasteiger partial charge in [0.25, 0.3) is 0 Å². The standard InChI is InChI=1S/C21H21N3O3/c22-13-16-4-1-2-5-17(16)23-21(25)14-24-9-3-6-18(24)15-7-8-19-20(12-15)27-11-10-26-19/h1-2,4-5,7-8,12,18H,3,6,9-11,14H2,(H,23,25)/t18-/m0/s1. The molecule has 27 heavy (non-hydrogen) atoms. The summed E-state index contributed by atoms with van der Waals surface area (Å²) in [7, 11) is 0. The van der Waals surface area contributed by atoms with E-state index in [-0.39, 0.29) is 11.9 Å². The van der Waals surface area contributed by atoms with Gasteiger partial charge < -0.3 is 14.8 Å². The van der Waals surface area contributed by atoms with Gasteiger partial charge in [0, 0.05) is 6.04 Å². The van der Waals surface area contributed by atoms with Gasteiger partial charge in [0.2, 0.25) is 5.91 Å². The second-order valence-corrected chi connectivity index (χ2v) is 6.74. The number of rotatable bonds is 4. The Morgan fingerprint density at radius 3 is 2.85 bits per heavy atom. The molecule has 2 aliphatic heterocycles. The van der Waals surface area contributed by atoms with Crippen LogP contribution in [0.15, 0.2) is 42.5 Å². The summed E-state index contributed by atoms with van der Waals surface area (Å²) in [5, 5.41) is 12.0. The fourth-order valence-corrected chi connectivity index (χ4v) is 3.72. The third-order valence-corrected chi connectivity index (χ3v) is 4.98. The summed E-state index contributed by atoms with van der Waals surface area (Å²) < 4.78 is 11.3. The number of amides is 1. The van der Waals surface area contributed by atoms with Crippen LogP contribution in [0.3, 0.4) is 0 Å². The Labute approximate surface area is 158 Å². The van der Waals surface area contributed by atoms with Crippen LogP contribution in [0.4, 0.5) is 5.69 Å². The van der Waals surface area contributed by atoms with Crippen molar-refractivity contribution in [2.75, 3.05) is 31.6 Å². The van der Waals surface area contributed by atoms with Gasteiger partial charge in [0.15, 0.2) is 11.5 Å². The molecule has 1 amide bonds. The highest BCUT2D eigenvalue weighted by Crippen LogP contribution is 2.37. The number of para-hydroxylation sites is 1. The zero-order valence-corrected chi connectivity index (χ0v) is 15.0. The molecule has 2 aromatic carbocycles. The predicted octanol–water partition coefficient (Wildman–Crippen LogP) is 3.11. The van der Waals surface area contributed by atoms with E-state index in [1.54, 1.807) is 18.2 Å². The van der Waals surface area contributed by atoms with Crippen LogP contribution in [-0.4, -0.2) is 37.1 Å². The van der Waals surface area contributed by atoms with E-state index < -0.39 is 0 Å². The summed E-state index contributed by atoms with van der Waals surface area (Å²) in [5.74, 6) is 1.44. The third-order valence-electron chi connectivity index (χ3n) is 4.98. The number of nitriles is 1. The first-order valence-electron chi connectivity index (χ1n) is 9.17. The maximum absolute atomic E-state index is 12.5. The average molecular weight is 363 g/mol. The van der Waals surface area contributed by atoms with Crippen LogP contribution in [0.25, 0.3) is 0 Å². The Bertz CT molecular complexity index is 890. The lowest BCUT2D eigenvalue weighted by Gasteiger charge is -2.26. The summed E-state index contributed by atoms with van der Waals surface area (Å²) in [6.45, 7) is 2.29. The van der Waals surface area contributed by atoms with Gasteiger partial charge in [-0.25, -0.2) is 0 Å². The van der Waals surface area contributed by atoms with Crippen molar-refractivity contribution in [2.24, 2.45) is 0 Å². The minimum atomic E-state index is -0.109. The number of hydrogen-bond acceptors (Lipinski definition) is 5. The molecule has 138 valence electrons. The highest BCUT2D eigenvalue weighted by molar-refractivity contribution is 5.93. The number of nitrogens with zero attached hydrogens (tertiary/aromatic N) is 2. The highest BCUT2D eigenvalue weighted by atomic mass is 16.6. The van der Waals surface area contributed by atoms with Crippen LogP contribution < -0.4 is 14.8 Å². The number of nitrogens with one attached hydrogen (secondary N) is 1. The second-order valence-electron chi connectivity index (χ2n) is 6.74. The second kappa shape index (κ2) is 7.68. The molecule has 0 spiro atoms. The molecule has 2 aromatic rings. The van der Waals surface area contributed by atoms with Crippen molar-refractivity contribution in [2.45, 2.75) is 18.9 Å². The van der Waals surface area contributed by atoms with E-state index in [2.05, 4.69) is 22.4 Å². The average Bonchev–Trinajstić information content (AvgIpc) is 3.16. The van der Waals surface area contributed by atoms with Crippen molar-refractivity contribution in [3.63, 3.8) is 0 Å². The predicted molar refractivity (Wildman–Crippen MR) is 101 cm³/mol. The van der Waals surface area contributed by atoms with Gasteiger partial charge in [-0.1, -0.05) is 18.2 Å². The Hall–Kier alpha value is -3.04. The van der Waals surface area contributed by atoms with Crippen LogP contribution in [0, 0.1) is 11.3 Å². The number of fused-ring (bicyclic) bond motifs is 1. The topological polar surface area (TPSA) is 74.6 Å². The molecule has 6 nitrogen and oxygen atoms in total. The van der Waals surface area contributed by atoms with Gasteiger partial charge >= 0.3 is 0 Å². The number of likely N-dealkylation sites (tertiary alicyclic amines) is 1. The van der Waals surface area contributed by atoms with Crippen LogP contribution in [0.1, 0.15) is 30.0 Å². The molecule has 1 saturated heterocycles. The van der Waals surface area contributed by atoms with Gasteiger partial charge in [-0.3, -0.25) is 9.69 Å². The molecule has 0 aromatic heterocycles. The van der Waals surface area contributed by atoms with E-state index in [4.69, 9.17) is 14.7 Å². The van der Waals surface area contributed by atoms with Crippen molar-refractivity contribution < 1.29 is 14.3 Å². The van der Waals surface area contributed by atoms with Crippen molar-refractivity contribution in [1.82, 2.24) is 4.90 Å². The molecule has 2 aliphatic rings. The molecule has 0 bridgehead atoms. The van der Waals surface area contributed by atoms with E-state index in [9.17, 15) is 4.79 Å². The summed E-state index contributed by atoms with van der Waals surface area (Å²) >= 11 is 0. The van der Waals surface area contributed by atoms with E-state index in [1.807, 2.05) is 18.2 Å². The van der Waals surface area contributed by atoms with Crippen LogP contribution in [-0.2, 0) is 4.79 Å². The number of carbonyl (C=O) groups is 1. The van der Waals surface area contributed by atoms with Crippen LogP contribution in [0.2, 0.25) is 0 Å². The largest absolute Gasteiger partial charge is 0.486 e. The number of benzene rings is 2. The van der Waals surface area contributed by atoms with E-state index in [0.29, 0.717) is 31.0 Å². The number of carbonyl (C=O) groups excluding carboxylic acids is 1. The monoisotopic (exact) mass is 363 g/mol. The van der Waals surface area contributed by atoms with Gasteiger partial charge in [-0.15, -0.1) is 0 Å². The van der Waals surface area contributed by atoms with Crippen LogP contribution in [0.5, 0.6) is 11.5 Å². The fraction of sp³-hybridized carbons (Fsp3) is 0.333. The Balaban J connectivity index is 1.46. The lowest BCUT2D eigenvalue weighted by atomic mass is 10.0. The maximum atomic E-state index is 12.5. The quantitative estimate of drug-likeness (QED) is 0.903.